The third-order valence-corrected chi connectivity index (χ3v) is 7.43. The van der Waals surface area contributed by atoms with Crippen molar-refractivity contribution in [3.8, 4) is 0 Å². The molecule has 0 saturated heterocycles. The smallest absolute Gasteiger partial charge is 0.257 e. The van der Waals surface area contributed by atoms with Crippen molar-refractivity contribution in [1.82, 2.24) is 14.5 Å². The van der Waals surface area contributed by atoms with Gasteiger partial charge in [-0.05, 0) is 37.5 Å². The third kappa shape index (κ3) is 3.79. The third-order valence-electron chi connectivity index (χ3n) is 4.38. The highest BCUT2D eigenvalue weighted by Gasteiger charge is 2.28. The van der Waals surface area contributed by atoms with Gasteiger partial charge in [-0.2, -0.15) is 4.31 Å². The largest absolute Gasteiger partial charge is 0.296 e. The zero-order valence-corrected chi connectivity index (χ0v) is 16.7. The first-order chi connectivity index (χ1) is 12.4. The minimum Gasteiger partial charge on any atom is -0.296 e. The average molecular weight is 395 g/mol. The molecule has 1 amide bonds. The fraction of sp³-hybridized carbons (Fsp3) is 0.471. The Morgan fingerprint density at radius 1 is 1.27 bits per heavy atom. The quantitative estimate of drug-likeness (QED) is 0.779. The standard InChI is InChI=1S/C17H22N4O3S2/c1-4-21(5-2)26(23,24)13-9-6-11(3)14(10-13)15(22)18-17-20-19-16(25-17)12-7-8-12/h6,9-10,12H,4-5,7-8H2,1-3H3,(H,18,20,22). The van der Waals surface area contributed by atoms with Crippen LogP contribution in [0.25, 0.3) is 0 Å². The number of amides is 1. The van der Waals surface area contributed by atoms with Crippen LogP contribution in [0.5, 0.6) is 0 Å². The summed E-state index contributed by atoms with van der Waals surface area (Å²) < 4.78 is 26.8. The Morgan fingerprint density at radius 3 is 2.58 bits per heavy atom. The molecule has 1 aromatic carbocycles. The second kappa shape index (κ2) is 7.42. The number of sulfonamides is 1. The van der Waals surface area contributed by atoms with Crippen LogP contribution in [0.3, 0.4) is 0 Å². The van der Waals surface area contributed by atoms with Crippen LogP contribution in [-0.2, 0) is 10.0 Å². The van der Waals surface area contributed by atoms with E-state index in [1.165, 1.54) is 27.8 Å². The predicted octanol–water partition coefficient (Wildman–Crippen LogP) is 3.01. The van der Waals surface area contributed by atoms with Crippen molar-refractivity contribution in [3.63, 3.8) is 0 Å². The lowest BCUT2D eigenvalue weighted by Gasteiger charge is -2.19. The Kier molecular flexibility index (Phi) is 5.40. The summed E-state index contributed by atoms with van der Waals surface area (Å²) >= 11 is 1.37. The molecule has 140 valence electrons. The first kappa shape index (κ1) is 18.9. The van der Waals surface area contributed by atoms with Gasteiger partial charge < -0.3 is 0 Å². The molecular formula is C17H22N4O3S2. The average Bonchev–Trinajstić information content (AvgIpc) is 3.35. The number of aromatic nitrogens is 2. The van der Waals surface area contributed by atoms with E-state index in [0.29, 0.717) is 35.3 Å². The molecule has 1 aliphatic carbocycles. The van der Waals surface area contributed by atoms with E-state index in [0.717, 1.165) is 17.8 Å². The lowest BCUT2D eigenvalue weighted by molar-refractivity contribution is 0.102. The number of carbonyl (C=O) groups excluding carboxylic acids is 1. The second-order valence-electron chi connectivity index (χ2n) is 6.24. The summed E-state index contributed by atoms with van der Waals surface area (Å²) in [5.41, 5.74) is 1.02. The SMILES string of the molecule is CCN(CC)S(=O)(=O)c1ccc(C)c(C(=O)Nc2nnc(C3CC3)s2)c1. The molecule has 26 heavy (non-hydrogen) atoms. The van der Waals surface area contributed by atoms with Crippen molar-refractivity contribution >= 4 is 32.4 Å². The van der Waals surface area contributed by atoms with E-state index in [2.05, 4.69) is 15.5 Å². The Balaban J connectivity index is 1.85. The fourth-order valence-electron chi connectivity index (χ4n) is 2.66. The fourth-order valence-corrected chi connectivity index (χ4v) is 5.06. The number of aryl methyl sites for hydroxylation is 1. The van der Waals surface area contributed by atoms with Crippen molar-refractivity contribution in [3.05, 3.63) is 34.3 Å². The number of anilines is 1. The highest BCUT2D eigenvalue weighted by Crippen LogP contribution is 2.42. The molecule has 0 spiro atoms. The molecule has 1 heterocycles. The molecule has 3 rings (SSSR count). The van der Waals surface area contributed by atoms with Crippen LogP contribution in [0.2, 0.25) is 0 Å². The molecule has 1 fully saturated rings. The zero-order valence-electron chi connectivity index (χ0n) is 15.0. The Morgan fingerprint density at radius 2 is 1.96 bits per heavy atom. The van der Waals surface area contributed by atoms with Gasteiger partial charge in [-0.1, -0.05) is 31.3 Å². The maximum Gasteiger partial charge on any atom is 0.257 e. The van der Waals surface area contributed by atoms with Gasteiger partial charge in [0.1, 0.15) is 5.01 Å². The molecule has 1 aromatic heterocycles. The van der Waals surface area contributed by atoms with E-state index in [-0.39, 0.29) is 10.8 Å². The van der Waals surface area contributed by atoms with E-state index in [1.807, 2.05) is 0 Å². The van der Waals surface area contributed by atoms with Crippen LogP contribution in [0.1, 0.15) is 53.5 Å². The van der Waals surface area contributed by atoms with Gasteiger partial charge in [0.25, 0.3) is 5.91 Å². The predicted molar refractivity (Wildman–Crippen MR) is 101 cm³/mol. The molecule has 9 heteroatoms. The van der Waals surface area contributed by atoms with Crippen molar-refractivity contribution < 1.29 is 13.2 Å². The lowest BCUT2D eigenvalue weighted by atomic mass is 10.1. The van der Waals surface area contributed by atoms with Gasteiger partial charge in [0.15, 0.2) is 0 Å². The van der Waals surface area contributed by atoms with Gasteiger partial charge in [-0.25, -0.2) is 8.42 Å². The molecule has 0 radical (unpaired) electrons. The summed E-state index contributed by atoms with van der Waals surface area (Å²) in [6, 6.07) is 4.62. The maximum atomic E-state index is 12.7. The number of nitrogens with one attached hydrogen (secondary N) is 1. The zero-order chi connectivity index (χ0) is 18.9. The van der Waals surface area contributed by atoms with Crippen LogP contribution in [0, 0.1) is 6.92 Å². The highest BCUT2D eigenvalue weighted by atomic mass is 32.2. The number of hydrogen-bond donors (Lipinski definition) is 1. The summed E-state index contributed by atoms with van der Waals surface area (Å²) in [5, 5.41) is 12.2. The molecule has 1 aliphatic rings. The van der Waals surface area contributed by atoms with Gasteiger partial charge in [0.2, 0.25) is 15.2 Å². The van der Waals surface area contributed by atoms with Crippen molar-refractivity contribution in [2.45, 2.75) is 44.4 Å². The molecule has 7 nitrogen and oxygen atoms in total. The van der Waals surface area contributed by atoms with Crippen molar-refractivity contribution in [1.29, 1.82) is 0 Å². The van der Waals surface area contributed by atoms with E-state index in [1.54, 1.807) is 26.8 Å². The minimum absolute atomic E-state index is 0.118. The number of nitrogens with zero attached hydrogens (tertiary/aromatic N) is 3. The number of carbonyl (C=O) groups is 1. The van der Waals surface area contributed by atoms with Crippen molar-refractivity contribution in [2.24, 2.45) is 0 Å². The molecule has 2 aromatic rings. The lowest BCUT2D eigenvalue weighted by Crippen LogP contribution is -2.30. The first-order valence-electron chi connectivity index (χ1n) is 8.62. The molecule has 0 bridgehead atoms. The Hall–Kier alpha value is -1.84. The van der Waals surface area contributed by atoms with E-state index >= 15 is 0 Å². The first-order valence-corrected chi connectivity index (χ1v) is 10.9. The Labute approximate surface area is 157 Å². The number of benzene rings is 1. The van der Waals surface area contributed by atoms with Crippen LogP contribution in [0.4, 0.5) is 5.13 Å². The van der Waals surface area contributed by atoms with E-state index < -0.39 is 10.0 Å². The monoisotopic (exact) mass is 394 g/mol. The molecule has 1 N–H and O–H groups in total. The van der Waals surface area contributed by atoms with E-state index in [9.17, 15) is 13.2 Å². The second-order valence-corrected chi connectivity index (χ2v) is 9.19. The van der Waals surface area contributed by atoms with Crippen molar-refractivity contribution in [2.75, 3.05) is 18.4 Å². The minimum atomic E-state index is -3.62. The van der Waals surface area contributed by atoms with Gasteiger partial charge >= 0.3 is 0 Å². The molecule has 0 atom stereocenters. The van der Waals surface area contributed by atoms with Crippen LogP contribution >= 0.6 is 11.3 Å². The summed E-state index contributed by atoms with van der Waals surface area (Å²) in [6.07, 6.45) is 2.24. The van der Waals surface area contributed by atoms with E-state index in [4.69, 9.17) is 0 Å². The van der Waals surface area contributed by atoms with Gasteiger partial charge in [-0.3, -0.25) is 10.1 Å². The summed E-state index contributed by atoms with van der Waals surface area (Å²) in [5.74, 6) is 0.0972. The maximum absolute atomic E-state index is 12.7. The summed E-state index contributed by atoms with van der Waals surface area (Å²) in [6.45, 7) is 6.11. The van der Waals surface area contributed by atoms with Gasteiger partial charge in [0.05, 0.1) is 4.90 Å². The normalized spacial score (nSPS) is 14.6. The Bertz CT molecular complexity index is 916. The van der Waals surface area contributed by atoms with Crippen LogP contribution in [-0.4, -0.2) is 41.9 Å². The summed E-state index contributed by atoms with van der Waals surface area (Å²) in [4.78, 5) is 12.8. The van der Waals surface area contributed by atoms with Crippen LogP contribution in [0.15, 0.2) is 23.1 Å². The van der Waals surface area contributed by atoms with Gasteiger partial charge in [-0.15, -0.1) is 10.2 Å². The molecular weight excluding hydrogens is 372 g/mol. The number of rotatable bonds is 7. The molecule has 1 saturated carbocycles. The van der Waals surface area contributed by atoms with Gasteiger partial charge in [0, 0.05) is 24.6 Å². The molecule has 0 unspecified atom stereocenters. The summed E-state index contributed by atoms with van der Waals surface area (Å²) in [7, 11) is -3.62. The molecule has 0 aliphatic heterocycles. The highest BCUT2D eigenvalue weighted by molar-refractivity contribution is 7.89. The topological polar surface area (TPSA) is 92.3 Å². The van der Waals surface area contributed by atoms with Crippen LogP contribution < -0.4 is 5.32 Å². The number of hydrogen-bond acceptors (Lipinski definition) is 6.